The summed E-state index contributed by atoms with van der Waals surface area (Å²) in [6.45, 7) is 2.10. The van der Waals surface area contributed by atoms with Gasteiger partial charge in [0.1, 0.15) is 12.3 Å². The summed E-state index contributed by atoms with van der Waals surface area (Å²) in [6, 6.07) is 15.3. The van der Waals surface area contributed by atoms with Gasteiger partial charge in [-0.15, -0.1) is 11.3 Å². The van der Waals surface area contributed by atoms with Crippen LogP contribution in [0, 0.1) is 6.92 Å². The molecule has 0 aliphatic rings. The Morgan fingerprint density at radius 2 is 2.04 bits per heavy atom. The summed E-state index contributed by atoms with van der Waals surface area (Å²) in [5, 5.41) is 8.72. The molecule has 28 heavy (non-hydrogen) atoms. The minimum Gasteiger partial charge on any atom is -0.497 e. The second-order valence-corrected chi connectivity index (χ2v) is 7.53. The fourth-order valence-electron chi connectivity index (χ4n) is 3.20. The number of fused-ring (bicyclic) bond motifs is 3. The lowest BCUT2D eigenvalue weighted by atomic mass is 10.2. The highest BCUT2D eigenvalue weighted by Crippen LogP contribution is 2.32. The van der Waals surface area contributed by atoms with E-state index in [4.69, 9.17) is 4.74 Å². The van der Waals surface area contributed by atoms with Gasteiger partial charge in [0.05, 0.1) is 22.9 Å². The largest absolute Gasteiger partial charge is 0.497 e. The monoisotopic (exact) mass is 393 g/mol. The van der Waals surface area contributed by atoms with Gasteiger partial charge in [0.2, 0.25) is 5.91 Å². The van der Waals surface area contributed by atoms with Crippen LogP contribution in [0.15, 0.2) is 53.3 Å². The van der Waals surface area contributed by atoms with Gasteiger partial charge >= 0.3 is 0 Å². The van der Waals surface area contributed by atoms with E-state index in [2.05, 4.69) is 10.4 Å². The third-order valence-corrected chi connectivity index (χ3v) is 5.84. The normalized spacial score (nSPS) is 11.1. The lowest BCUT2D eigenvalue weighted by Gasteiger charge is -2.09. The summed E-state index contributed by atoms with van der Waals surface area (Å²) >= 11 is 1.55. The number of aryl methyl sites for hydroxylation is 1. The summed E-state index contributed by atoms with van der Waals surface area (Å²) in [5.74, 6) is 0.464. The minimum absolute atomic E-state index is 0.121. The third kappa shape index (κ3) is 3.36. The molecule has 0 radical (unpaired) electrons. The van der Waals surface area contributed by atoms with E-state index >= 15 is 0 Å². The van der Waals surface area contributed by atoms with Crippen LogP contribution in [0.25, 0.3) is 20.2 Å². The maximum atomic E-state index is 13.0. The van der Waals surface area contributed by atoms with Crippen molar-refractivity contribution in [3.05, 3.63) is 70.1 Å². The molecule has 0 bridgehead atoms. The number of ether oxygens (including phenoxy) is 1. The van der Waals surface area contributed by atoms with Crippen molar-refractivity contribution in [2.24, 2.45) is 0 Å². The molecule has 0 unspecified atom stereocenters. The lowest BCUT2D eigenvalue weighted by Crippen LogP contribution is -2.33. The van der Waals surface area contributed by atoms with Crippen molar-refractivity contribution in [2.75, 3.05) is 7.11 Å². The Morgan fingerprint density at radius 1 is 1.21 bits per heavy atom. The molecule has 2 aromatic carbocycles. The lowest BCUT2D eigenvalue weighted by molar-refractivity contribution is -0.122. The van der Waals surface area contributed by atoms with Gasteiger partial charge in [0, 0.05) is 16.6 Å². The second kappa shape index (κ2) is 7.44. The van der Waals surface area contributed by atoms with Crippen LogP contribution in [0.5, 0.6) is 5.75 Å². The van der Waals surface area contributed by atoms with Crippen LogP contribution in [0.4, 0.5) is 0 Å². The standard InChI is InChI=1S/C21H19N3O3S/c1-13-20-19(16-8-3-4-9-17(16)28-20)21(26)24(23-13)12-18(25)22-11-14-6-5-7-15(10-14)27-2/h3-10H,11-12H2,1-2H3,(H,22,25). The number of carbonyl (C=O) groups is 1. The zero-order valence-corrected chi connectivity index (χ0v) is 16.4. The van der Waals surface area contributed by atoms with Crippen molar-refractivity contribution in [2.45, 2.75) is 20.0 Å². The minimum atomic E-state index is -0.268. The van der Waals surface area contributed by atoms with E-state index in [9.17, 15) is 9.59 Å². The van der Waals surface area contributed by atoms with Crippen molar-refractivity contribution >= 4 is 37.4 Å². The fourth-order valence-corrected chi connectivity index (χ4v) is 4.33. The molecule has 0 spiro atoms. The van der Waals surface area contributed by atoms with Crippen LogP contribution in [0.3, 0.4) is 0 Å². The number of hydrogen-bond donors (Lipinski definition) is 1. The first-order chi connectivity index (χ1) is 13.6. The van der Waals surface area contributed by atoms with E-state index in [-0.39, 0.29) is 18.0 Å². The van der Waals surface area contributed by atoms with Gasteiger partial charge in [-0.2, -0.15) is 5.10 Å². The summed E-state index contributed by atoms with van der Waals surface area (Å²) in [5.41, 5.74) is 1.43. The van der Waals surface area contributed by atoms with Crippen LogP contribution in [-0.2, 0) is 17.9 Å². The van der Waals surface area contributed by atoms with Gasteiger partial charge in [-0.1, -0.05) is 30.3 Å². The number of hydrogen-bond acceptors (Lipinski definition) is 5. The van der Waals surface area contributed by atoms with E-state index in [1.807, 2.05) is 55.5 Å². The molecule has 0 aliphatic heterocycles. The van der Waals surface area contributed by atoms with Gasteiger partial charge in [-0.25, -0.2) is 4.68 Å². The number of rotatable bonds is 5. The zero-order valence-electron chi connectivity index (χ0n) is 15.6. The van der Waals surface area contributed by atoms with Gasteiger partial charge in [0.15, 0.2) is 0 Å². The summed E-state index contributed by atoms with van der Waals surface area (Å²) in [4.78, 5) is 25.4. The molecule has 7 heteroatoms. The van der Waals surface area contributed by atoms with Crippen molar-refractivity contribution in [1.82, 2.24) is 15.1 Å². The van der Waals surface area contributed by atoms with Crippen LogP contribution in [0.1, 0.15) is 11.3 Å². The maximum absolute atomic E-state index is 13.0. The highest BCUT2D eigenvalue weighted by molar-refractivity contribution is 7.26. The van der Waals surface area contributed by atoms with Crippen molar-refractivity contribution in [3.8, 4) is 5.75 Å². The molecule has 4 rings (SSSR count). The number of methoxy groups -OCH3 is 1. The van der Waals surface area contributed by atoms with E-state index in [1.54, 1.807) is 18.4 Å². The van der Waals surface area contributed by atoms with Crippen molar-refractivity contribution in [1.29, 1.82) is 0 Å². The van der Waals surface area contributed by atoms with Crippen molar-refractivity contribution < 1.29 is 9.53 Å². The van der Waals surface area contributed by atoms with Gasteiger partial charge in [-0.05, 0) is 30.7 Å². The maximum Gasteiger partial charge on any atom is 0.276 e. The Morgan fingerprint density at radius 3 is 2.86 bits per heavy atom. The molecule has 0 saturated heterocycles. The molecule has 2 aromatic heterocycles. The third-order valence-electron chi connectivity index (χ3n) is 4.56. The SMILES string of the molecule is COc1cccc(CNC(=O)Cn2nc(C)c3sc4ccccc4c3c2=O)c1. The van der Waals surface area contributed by atoms with E-state index in [0.717, 1.165) is 31.8 Å². The highest BCUT2D eigenvalue weighted by Gasteiger charge is 2.15. The number of carbonyl (C=O) groups excluding carboxylic acids is 1. The molecule has 0 atom stereocenters. The van der Waals surface area contributed by atoms with Gasteiger partial charge in [-0.3, -0.25) is 9.59 Å². The molecule has 1 amide bonds. The quantitative estimate of drug-likeness (QED) is 0.565. The second-order valence-electron chi connectivity index (χ2n) is 6.48. The smallest absolute Gasteiger partial charge is 0.276 e. The molecule has 0 aliphatic carbocycles. The first-order valence-electron chi connectivity index (χ1n) is 8.85. The average Bonchev–Trinajstić information content (AvgIpc) is 3.11. The van der Waals surface area contributed by atoms with E-state index in [0.29, 0.717) is 11.9 Å². The average molecular weight is 393 g/mol. The topological polar surface area (TPSA) is 73.2 Å². The Kier molecular flexibility index (Phi) is 4.83. The van der Waals surface area contributed by atoms with Crippen LogP contribution in [0.2, 0.25) is 0 Å². The van der Waals surface area contributed by atoms with Gasteiger partial charge in [0.25, 0.3) is 5.56 Å². The van der Waals surface area contributed by atoms with Crippen LogP contribution in [-0.4, -0.2) is 22.8 Å². The first-order valence-corrected chi connectivity index (χ1v) is 9.67. The number of thiophene rings is 1. The molecule has 2 heterocycles. The summed E-state index contributed by atoms with van der Waals surface area (Å²) in [6.07, 6.45) is 0. The van der Waals surface area contributed by atoms with Crippen LogP contribution >= 0.6 is 11.3 Å². The number of nitrogens with one attached hydrogen (secondary N) is 1. The molecule has 1 N–H and O–H groups in total. The van der Waals surface area contributed by atoms with Gasteiger partial charge < -0.3 is 10.1 Å². The molecular formula is C21H19N3O3S. The molecule has 142 valence electrons. The Balaban J connectivity index is 1.59. The van der Waals surface area contributed by atoms with Crippen molar-refractivity contribution in [3.63, 3.8) is 0 Å². The van der Waals surface area contributed by atoms with E-state index < -0.39 is 0 Å². The number of nitrogens with zero attached hydrogens (tertiary/aromatic N) is 2. The fraction of sp³-hybridized carbons (Fsp3) is 0.190. The summed E-state index contributed by atoms with van der Waals surface area (Å²) in [7, 11) is 1.60. The Labute approximate surface area is 165 Å². The Hall–Kier alpha value is -3.19. The Bertz CT molecular complexity index is 1240. The number of benzene rings is 2. The molecule has 4 aromatic rings. The molecule has 6 nitrogen and oxygen atoms in total. The predicted octanol–water partition coefficient (Wildman–Crippen LogP) is 3.24. The number of amides is 1. The zero-order chi connectivity index (χ0) is 19.7. The first kappa shape index (κ1) is 18.2. The van der Waals surface area contributed by atoms with Crippen LogP contribution < -0.4 is 15.6 Å². The molecular weight excluding hydrogens is 374 g/mol. The molecule has 0 fully saturated rings. The predicted molar refractivity (Wildman–Crippen MR) is 111 cm³/mol. The van der Waals surface area contributed by atoms with E-state index in [1.165, 1.54) is 4.68 Å². The molecule has 0 saturated carbocycles. The highest BCUT2D eigenvalue weighted by atomic mass is 32.1. The number of aromatic nitrogens is 2. The summed E-state index contributed by atoms with van der Waals surface area (Å²) < 4.78 is 8.35.